The molecule has 0 spiro atoms. The molecular formula is C15H16N4. The lowest BCUT2D eigenvalue weighted by molar-refractivity contribution is 0.881. The van der Waals surface area contributed by atoms with E-state index in [2.05, 4.69) is 69.2 Å². The lowest BCUT2D eigenvalue weighted by Crippen LogP contribution is -1.80. The molecule has 0 aliphatic rings. The normalized spacial score (nSPS) is 9.53. The Bertz CT molecular complexity index is 524. The van der Waals surface area contributed by atoms with Crippen molar-refractivity contribution in [3.63, 3.8) is 0 Å². The second kappa shape index (κ2) is 7.06. The van der Waals surface area contributed by atoms with Gasteiger partial charge in [0.15, 0.2) is 5.82 Å². The van der Waals surface area contributed by atoms with E-state index in [0.29, 0.717) is 0 Å². The van der Waals surface area contributed by atoms with Gasteiger partial charge in [-0.1, -0.05) is 72.8 Å². The number of aryl methyl sites for hydroxylation is 1. The molecule has 1 N–H and O–H groups in total. The van der Waals surface area contributed by atoms with Gasteiger partial charge in [0.1, 0.15) is 0 Å². The zero-order valence-corrected chi connectivity index (χ0v) is 10.8. The van der Waals surface area contributed by atoms with Gasteiger partial charge in [0.2, 0.25) is 0 Å². The minimum atomic E-state index is 0.764. The van der Waals surface area contributed by atoms with E-state index in [4.69, 9.17) is 0 Å². The lowest BCUT2D eigenvalue weighted by Gasteiger charge is -1.98. The summed E-state index contributed by atoms with van der Waals surface area (Å²) in [4.78, 5) is 0. The highest BCUT2D eigenvalue weighted by molar-refractivity contribution is 5.62. The smallest absolute Gasteiger partial charge is 0.174 e. The summed E-state index contributed by atoms with van der Waals surface area (Å²) in [6.45, 7) is 1.98. The average Bonchev–Trinajstić information content (AvgIpc) is 3.03. The highest BCUT2D eigenvalue weighted by Crippen LogP contribution is 2.17. The van der Waals surface area contributed by atoms with Gasteiger partial charge >= 0.3 is 0 Å². The van der Waals surface area contributed by atoms with Crippen LogP contribution >= 0.6 is 0 Å². The zero-order chi connectivity index (χ0) is 13.3. The number of H-pyrrole nitrogens is 1. The molecule has 1 aromatic heterocycles. The lowest BCUT2D eigenvalue weighted by atomic mass is 10.1. The summed E-state index contributed by atoms with van der Waals surface area (Å²) in [6, 6.07) is 20.8. The largest absolute Gasteiger partial charge is 0.177 e. The monoisotopic (exact) mass is 252 g/mol. The van der Waals surface area contributed by atoms with E-state index in [1.54, 1.807) is 0 Å². The predicted octanol–water partition coefficient (Wildman–Crippen LogP) is 3.12. The molecule has 0 atom stereocenters. The van der Waals surface area contributed by atoms with Gasteiger partial charge in [-0.2, -0.15) is 5.21 Å². The average molecular weight is 252 g/mol. The van der Waals surface area contributed by atoms with Crippen LogP contribution in [0, 0.1) is 0 Å². The molecule has 0 fully saturated rings. The molecule has 0 aliphatic heterocycles. The van der Waals surface area contributed by atoms with Crippen LogP contribution in [0.4, 0.5) is 0 Å². The number of nitrogens with zero attached hydrogens (tertiary/aromatic N) is 3. The van der Waals surface area contributed by atoms with Crippen molar-refractivity contribution >= 4 is 0 Å². The first-order chi connectivity index (χ1) is 9.40. The van der Waals surface area contributed by atoms with Crippen LogP contribution in [0.15, 0.2) is 60.7 Å². The molecule has 0 amide bonds. The van der Waals surface area contributed by atoms with Crippen LogP contribution in [0.2, 0.25) is 0 Å². The Hall–Kier alpha value is -2.49. The van der Waals surface area contributed by atoms with Crippen LogP contribution in [0.1, 0.15) is 12.7 Å². The molecule has 19 heavy (non-hydrogen) atoms. The fraction of sp³-hybridized carbons (Fsp3) is 0.133. The fourth-order valence-corrected chi connectivity index (χ4v) is 1.59. The van der Waals surface area contributed by atoms with Gasteiger partial charge < -0.3 is 0 Å². The highest BCUT2D eigenvalue weighted by Gasteiger charge is 1.91. The van der Waals surface area contributed by atoms with Crippen molar-refractivity contribution in [1.29, 1.82) is 0 Å². The van der Waals surface area contributed by atoms with Crippen molar-refractivity contribution in [1.82, 2.24) is 20.6 Å². The van der Waals surface area contributed by atoms with Gasteiger partial charge in [0, 0.05) is 6.42 Å². The number of hydrogen-bond donors (Lipinski definition) is 1. The van der Waals surface area contributed by atoms with Gasteiger partial charge in [-0.15, -0.1) is 10.2 Å². The van der Waals surface area contributed by atoms with Crippen molar-refractivity contribution in [2.75, 3.05) is 0 Å². The number of aromatic amines is 1. The molecule has 0 bridgehead atoms. The molecular weight excluding hydrogens is 236 g/mol. The molecule has 0 saturated heterocycles. The molecule has 0 aliphatic carbocycles. The Morgan fingerprint density at radius 1 is 0.842 bits per heavy atom. The number of tetrazole rings is 1. The van der Waals surface area contributed by atoms with Crippen LogP contribution in [0.5, 0.6) is 0 Å². The van der Waals surface area contributed by atoms with E-state index in [1.165, 1.54) is 11.1 Å². The van der Waals surface area contributed by atoms with Crippen LogP contribution in [-0.2, 0) is 6.42 Å². The molecule has 2 aromatic carbocycles. The first-order valence-electron chi connectivity index (χ1n) is 6.23. The first-order valence-corrected chi connectivity index (χ1v) is 6.23. The molecule has 0 unspecified atom stereocenters. The first kappa shape index (κ1) is 13.0. The Morgan fingerprint density at radius 3 is 1.68 bits per heavy atom. The maximum Gasteiger partial charge on any atom is 0.174 e. The van der Waals surface area contributed by atoms with Crippen molar-refractivity contribution in [3.8, 4) is 11.1 Å². The minimum absolute atomic E-state index is 0.764. The third-order valence-electron chi connectivity index (χ3n) is 2.59. The summed E-state index contributed by atoms with van der Waals surface area (Å²) < 4.78 is 0. The van der Waals surface area contributed by atoms with Crippen molar-refractivity contribution in [2.24, 2.45) is 0 Å². The SMILES string of the molecule is CCc1nn[nH]n1.c1ccc(-c2ccccc2)cc1. The quantitative estimate of drug-likeness (QED) is 0.762. The number of rotatable bonds is 2. The van der Waals surface area contributed by atoms with Gasteiger partial charge in [-0.25, -0.2) is 0 Å². The minimum Gasteiger partial charge on any atom is -0.177 e. The van der Waals surface area contributed by atoms with Crippen LogP contribution < -0.4 is 0 Å². The van der Waals surface area contributed by atoms with Gasteiger partial charge in [-0.05, 0) is 11.1 Å². The summed E-state index contributed by atoms with van der Waals surface area (Å²) in [5.74, 6) is 0.764. The Labute approximate surface area is 112 Å². The fourth-order valence-electron chi connectivity index (χ4n) is 1.59. The van der Waals surface area contributed by atoms with Crippen molar-refractivity contribution in [3.05, 3.63) is 66.5 Å². The van der Waals surface area contributed by atoms with Gasteiger partial charge in [-0.3, -0.25) is 0 Å². The van der Waals surface area contributed by atoms with Crippen LogP contribution in [0.3, 0.4) is 0 Å². The van der Waals surface area contributed by atoms with E-state index in [9.17, 15) is 0 Å². The Balaban J connectivity index is 0.000000163. The third-order valence-corrected chi connectivity index (χ3v) is 2.59. The maximum atomic E-state index is 3.69. The number of hydrogen-bond acceptors (Lipinski definition) is 3. The Morgan fingerprint density at radius 2 is 1.37 bits per heavy atom. The van der Waals surface area contributed by atoms with Crippen molar-refractivity contribution < 1.29 is 0 Å². The van der Waals surface area contributed by atoms with Crippen LogP contribution in [0.25, 0.3) is 11.1 Å². The topological polar surface area (TPSA) is 54.5 Å². The third kappa shape index (κ3) is 4.03. The summed E-state index contributed by atoms with van der Waals surface area (Å²) in [5.41, 5.74) is 2.55. The van der Waals surface area contributed by atoms with Crippen molar-refractivity contribution in [2.45, 2.75) is 13.3 Å². The zero-order valence-electron chi connectivity index (χ0n) is 10.8. The van der Waals surface area contributed by atoms with E-state index < -0.39 is 0 Å². The molecule has 4 heteroatoms. The molecule has 4 nitrogen and oxygen atoms in total. The molecule has 3 rings (SSSR count). The van der Waals surface area contributed by atoms with Gasteiger partial charge in [0.25, 0.3) is 0 Å². The summed E-state index contributed by atoms with van der Waals surface area (Å²) in [7, 11) is 0. The maximum absolute atomic E-state index is 3.69. The van der Waals surface area contributed by atoms with E-state index in [1.807, 2.05) is 19.1 Å². The molecule has 3 aromatic rings. The Kier molecular flexibility index (Phi) is 4.81. The second-order valence-corrected chi connectivity index (χ2v) is 3.91. The van der Waals surface area contributed by atoms with Gasteiger partial charge in [0.05, 0.1) is 0 Å². The van der Waals surface area contributed by atoms with E-state index in [-0.39, 0.29) is 0 Å². The summed E-state index contributed by atoms with van der Waals surface area (Å²) >= 11 is 0. The molecule has 1 heterocycles. The predicted molar refractivity (Wildman–Crippen MR) is 75.4 cm³/mol. The number of benzene rings is 2. The summed E-state index contributed by atoms with van der Waals surface area (Å²) in [5, 5.41) is 13.1. The van der Waals surface area contributed by atoms with Crippen LogP contribution in [-0.4, -0.2) is 20.6 Å². The highest BCUT2D eigenvalue weighted by atomic mass is 15.5. The number of aromatic nitrogens is 4. The summed E-state index contributed by atoms with van der Waals surface area (Å²) in [6.07, 6.45) is 0.844. The molecule has 0 saturated carbocycles. The van der Waals surface area contributed by atoms with E-state index in [0.717, 1.165) is 12.2 Å². The molecule has 96 valence electrons. The molecule has 0 radical (unpaired) electrons. The van der Waals surface area contributed by atoms with E-state index >= 15 is 0 Å². The second-order valence-electron chi connectivity index (χ2n) is 3.91. The standard InChI is InChI=1S/C12H10.C3H6N4/c1-3-7-11(8-4-1)12-9-5-2-6-10-12;1-2-3-4-6-7-5-3/h1-10H;2H2,1H3,(H,4,5,6,7). The number of nitrogens with one attached hydrogen (secondary N) is 1.